The van der Waals surface area contributed by atoms with E-state index < -0.39 is 0 Å². The monoisotopic (exact) mass is 274 g/mol. The molecule has 1 atom stereocenters. The molecule has 0 radical (unpaired) electrons. The maximum atomic E-state index is 12.0. The molecule has 1 heterocycles. The zero-order chi connectivity index (χ0) is 14.5. The molecule has 20 heavy (non-hydrogen) atoms. The molecule has 0 bridgehead atoms. The molecule has 0 aliphatic carbocycles. The summed E-state index contributed by atoms with van der Waals surface area (Å²) in [6.07, 6.45) is 3.54. The standard InChI is InChI=1S/C15H18N2O3/c1-4-14(11-6-5-7-13(8-11)19-3)20-15(18)12-9-16-17(2)10-12/h5-10,14H,4H2,1-3H3. The largest absolute Gasteiger partial charge is 0.497 e. The van der Waals surface area contributed by atoms with Gasteiger partial charge in [0.1, 0.15) is 11.9 Å². The van der Waals surface area contributed by atoms with Crippen LogP contribution in [0.2, 0.25) is 0 Å². The van der Waals surface area contributed by atoms with Gasteiger partial charge in [0.15, 0.2) is 0 Å². The van der Waals surface area contributed by atoms with Gasteiger partial charge < -0.3 is 9.47 Å². The Labute approximate surface area is 118 Å². The zero-order valence-electron chi connectivity index (χ0n) is 11.9. The Morgan fingerprint density at radius 3 is 2.85 bits per heavy atom. The Hall–Kier alpha value is -2.30. The van der Waals surface area contributed by atoms with Gasteiger partial charge in [-0.3, -0.25) is 4.68 Å². The molecule has 0 saturated carbocycles. The lowest BCUT2D eigenvalue weighted by Crippen LogP contribution is -2.10. The van der Waals surface area contributed by atoms with Gasteiger partial charge in [-0.05, 0) is 24.1 Å². The first kappa shape index (κ1) is 14.1. The van der Waals surface area contributed by atoms with Gasteiger partial charge in [0.05, 0.1) is 18.9 Å². The van der Waals surface area contributed by atoms with Crippen molar-refractivity contribution in [2.75, 3.05) is 7.11 Å². The van der Waals surface area contributed by atoms with Crippen molar-refractivity contribution in [1.29, 1.82) is 0 Å². The van der Waals surface area contributed by atoms with E-state index in [2.05, 4.69) is 5.10 Å². The lowest BCUT2D eigenvalue weighted by Gasteiger charge is -2.16. The number of aromatic nitrogens is 2. The molecule has 0 aliphatic heterocycles. The molecule has 1 aromatic carbocycles. The van der Waals surface area contributed by atoms with Crippen molar-refractivity contribution in [3.05, 3.63) is 47.8 Å². The number of benzene rings is 1. The second-order valence-electron chi connectivity index (χ2n) is 4.48. The number of nitrogens with zero attached hydrogens (tertiary/aromatic N) is 2. The molecule has 2 rings (SSSR count). The van der Waals surface area contributed by atoms with Crippen LogP contribution in [0, 0.1) is 0 Å². The fourth-order valence-electron chi connectivity index (χ4n) is 1.95. The lowest BCUT2D eigenvalue weighted by atomic mass is 10.1. The normalized spacial score (nSPS) is 11.9. The summed E-state index contributed by atoms with van der Waals surface area (Å²) in [6.45, 7) is 1.97. The maximum absolute atomic E-state index is 12.0. The number of esters is 1. The van der Waals surface area contributed by atoms with Gasteiger partial charge in [-0.25, -0.2) is 4.79 Å². The minimum absolute atomic E-state index is 0.294. The molecule has 0 aliphatic rings. The first-order valence-electron chi connectivity index (χ1n) is 6.47. The van der Waals surface area contributed by atoms with E-state index in [1.54, 1.807) is 25.0 Å². The van der Waals surface area contributed by atoms with Crippen molar-refractivity contribution in [1.82, 2.24) is 9.78 Å². The number of methoxy groups -OCH3 is 1. The van der Waals surface area contributed by atoms with E-state index in [0.29, 0.717) is 12.0 Å². The highest BCUT2D eigenvalue weighted by molar-refractivity contribution is 5.88. The highest BCUT2D eigenvalue weighted by atomic mass is 16.5. The summed E-state index contributed by atoms with van der Waals surface area (Å²) in [5.74, 6) is 0.381. The first-order valence-corrected chi connectivity index (χ1v) is 6.47. The minimum Gasteiger partial charge on any atom is -0.497 e. The van der Waals surface area contributed by atoms with Crippen LogP contribution in [0.5, 0.6) is 5.75 Å². The molecule has 0 saturated heterocycles. The van der Waals surface area contributed by atoms with Crippen LogP contribution >= 0.6 is 0 Å². The Kier molecular flexibility index (Phi) is 4.40. The fourth-order valence-corrected chi connectivity index (χ4v) is 1.95. The molecule has 1 unspecified atom stereocenters. The highest BCUT2D eigenvalue weighted by Gasteiger charge is 2.17. The number of aryl methyl sites for hydroxylation is 1. The summed E-state index contributed by atoms with van der Waals surface area (Å²) in [5.41, 5.74) is 1.37. The molecule has 0 amide bonds. The third kappa shape index (κ3) is 3.17. The molecule has 2 aromatic rings. The Morgan fingerprint density at radius 2 is 2.25 bits per heavy atom. The van der Waals surface area contributed by atoms with Gasteiger partial charge in [-0.15, -0.1) is 0 Å². The molecular weight excluding hydrogens is 256 g/mol. The third-order valence-corrected chi connectivity index (χ3v) is 3.03. The molecule has 5 heteroatoms. The van der Waals surface area contributed by atoms with E-state index in [-0.39, 0.29) is 12.1 Å². The summed E-state index contributed by atoms with van der Waals surface area (Å²) >= 11 is 0. The summed E-state index contributed by atoms with van der Waals surface area (Å²) in [4.78, 5) is 12.0. The molecule has 0 fully saturated rings. The van der Waals surface area contributed by atoms with Gasteiger partial charge in [0.2, 0.25) is 0 Å². The first-order chi connectivity index (χ1) is 9.63. The van der Waals surface area contributed by atoms with E-state index in [4.69, 9.17) is 9.47 Å². The van der Waals surface area contributed by atoms with E-state index >= 15 is 0 Å². The number of carbonyl (C=O) groups excluding carboxylic acids is 1. The molecule has 106 valence electrons. The quantitative estimate of drug-likeness (QED) is 0.787. The van der Waals surface area contributed by atoms with Crippen LogP contribution < -0.4 is 4.74 Å². The van der Waals surface area contributed by atoms with Crippen LogP contribution in [0.25, 0.3) is 0 Å². The van der Waals surface area contributed by atoms with Gasteiger partial charge in [0.25, 0.3) is 0 Å². The van der Waals surface area contributed by atoms with Crippen molar-refractivity contribution in [3.8, 4) is 5.75 Å². The molecule has 0 N–H and O–H groups in total. The van der Waals surface area contributed by atoms with E-state index in [0.717, 1.165) is 11.3 Å². The van der Waals surface area contributed by atoms with Crippen LogP contribution in [0.3, 0.4) is 0 Å². The Bertz CT molecular complexity index is 592. The minimum atomic E-state index is -0.368. The number of ether oxygens (including phenoxy) is 2. The van der Waals surface area contributed by atoms with Gasteiger partial charge in [-0.1, -0.05) is 19.1 Å². The molecule has 0 spiro atoms. The van der Waals surface area contributed by atoms with Crippen LogP contribution in [0.4, 0.5) is 0 Å². The summed E-state index contributed by atoms with van der Waals surface area (Å²) in [7, 11) is 3.37. The average Bonchev–Trinajstić information content (AvgIpc) is 2.91. The number of hydrogen-bond acceptors (Lipinski definition) is 4. The van der Waals surface area contributed by atoms with Crippen LogP contribution in [-0.2, 0) is 11.8 Å². The average molecular weight is 274 g/mol. The second kappa shape index (κ2) is 6.23. The van der Waals surface area contributed by atoms with Crippen molar-refractivity contribution in [2.45, 2.75) is 19.4 Å². The van der Waals surface area contributed by atoms with E-state index in [9.17, 15) is 4.79 Å². The number of hydrogen-bond donors (Lipinski definition) is 0. The van der Waals surface area contributed by atoms with Crippen molar-refractivity contribution >= 4 is 5.97 Å². The van der Waals surface area contributed by atoms with Crippen LogP contribution in [0.15, 0.2) is 36.7 Å². The highest BCUT2D eigenvalue weighted by Crippen LogP contribution is 2.25. The fraction of sp³-hybridized carbons (Fsp3) is 0.333. The SMILES string of the molecule is CCC(OC(=O)c1cnn(C)c1)c1cccc(OC)c1. The predicted octanol–water partition coefficient (Wildman–Crippen LogP) is 2.74. The number of carbonyl (C=O) groups is 1. The van der Waals surface area contributed by atoms with Gasteiger partial charge >= 0.3 is 5.97 Å². The van der Waals surface area contributed by atoms with Crippen LogP contribution in [-0.4, -0.2) is 22.9 Å². The van der Waals surface area contributed by atoms with Gasteiger partial charge in [-0.2, -0.15) is 5.10 Å². The Balaban J connectivity index is 2.14. The second-order valence-corrected chi connectivity index (χ2v) is 4.48. The van der Waals surface area contributed by atoms with Crippen LogP contribution in [0.1, 0.15) is 35.4 Å². The van der Waals surface area contributed by atoms with E-state index in [1.807, 2.05) is 31.2 Å². The lowest BCUT2D eigenvalue weighted by molar-refractivity contribution is 0.0287. The maximum Gasteiger partial charge on any atom is 0.341 e. The van der Waals surface area contributed by atoms with Gasteiger partial charge in [0, 0.05) is 13.2 Å². The zero-order valence-corrected chi connectivity index (χ0v) is 11.9. The summed E-state index contributed by atoms with van der Waals surface area (Å²) in [6, 6.07) is 7.55. The molecular formula is C15H18N2O3. The molecule has 5 nitrogen and oxygen atoms in total. The Morgan fingerprint density at radius 1 is 1.45 bits per heavy atom. The topological polar surface area (TPSA) is 53.3 Å². The summed E-state index contributed by atoms with van der Waals surface area (Å²) < 4.78 is 12.3. The number of rotatable bonds is 5. The van der Waals surface area contributed by atoms with Crippen molar-refractivity contribution in [2.24, 2.45) is 7.05 Å². The van der Waals surface area contributed by atoms with E-state index in [1.165, 1.54) is 6.20 Å². The summed E-state index contributed by atoms with van der Waals surface area (Å²) in [5, 5.41) is 3.97. The third-order valence-electron chi connectivity index (χ3n) is 3.03. The predicted molar refractivity (Wildman–Crippen MR) is 74.6 cm³/mol. The smallest absolute Gasteiger partial charge is 0.341 e. The molecule has 1 aromatic heterocycles. The van der Waals surface area contributed by atoms with Crippen molar-refractivity contribution < 1.29 is 14.3 Å². The van der Waals surface area contributed by atoms with Crippen molar-refractivity contribution in [3.63, 3.8) is 0 Å².